The first-order valence-corrected chi connectivity index (χ1v) is 28.1. The number of fused-ring (bicyclic) bond motifs is 16. The van der Waals surface area contributed by atoms with E-state index in [1.165, 1.54) is 30.4 Å². The van der Waals surface area contributed by atoms with Gasteiger partial charge in [-0.05, 0) is 117 Å². The van der Waals surface area contributed by atoms with Gasteiger partial charge in [-0.2, -0.15) is 0 Å². The fourth-order valence-electron chi connectivity index (χ4n) is 13.7. The number of hydrogen-bond donors (Lipinski definition) is 0. The second-order valence-electron chi connectivity index (χ2n) is 21.8. The number of hydrogen-bond acceptors (Lipinski definition) is 10. The molecule has 2 aliphatic heterocycles. The summed E-state index contributed by atoms with van der Waals surface area (Å²) in [7, 11) is 0. The number of carbonyl (C=O) groups excluding carboxylic acids is 4. The summed E-state index contributed by atoms with van der Waals surface area (Å²) in [4.78, 5) is 75.8. The second kappa shape index (κ2) is 17.8. The standard InChI is InChI=1S/C73H39N7O6/c81-70-64-65(75-32-31-74-64)71(82)78(70)43-13-9-11-41(35-43)54-38-58(80-56-20-6-3-19-51(56)63-57(80)30-29-50-46-16-5-8-22-60(46)86-69(50)63)55(42-12-10-14-44(36-42)79-72(83)66-67(73(79)84)77-34-33-76-66)37-53(54)39-23-25-40(26-24-39)61-47-17-1-2-18-48(47)62-52(61)28-27-49-45-15-4-7-21-59(45)85-68(49)62/h1-38,61H. The highest BCUT2D eigenvalue weighted by atomic mass is 16.3. The van der Waals surface area contributed by atoms with Crippen molar-refractivity contribution in [3.05, 3.63) is 271 Å². The molecular formula is C73H39N7O6. The van der Waals surface area contributed by atoms with Crippen LogP contribution < -0.4 is 9.80 Å². The van der Waals surface area contributed by atoms with E-state index in [1.807, 2.05) is 84.9 Å². The summed E-state index contributed by atoms with van der Waals surface area (Å²) in [6, 6.07) is 69.5. The molecule has 18 rings (SSSR count). The summed E-state index contributed by atoms with van der Waals surface area (Å²) in [6.45, 7) is 0. The lowest BCUT2D eigenvalue weighted by Crippen LogP contribution is -2.29. The van der Waals surface area contributed by atoms with Crippen LogP contribution >= 0.6 is 0 Å². The largest absolute Gasteiger partial charge is 0.455 e. The van der Waals surface area contributed by atoms with Crippen LogP contribution in [0.1, 0.15) is 64.6 Å². The molecule has 5 aromatic heterocycles. The van der Waals surface area contributed by atoms with Crippen LogP contribution in [0.15, 0.2) is 240 Å². The lowest BCUT2D eigenvalue weighted by atomic mass is 9.86. The summed E-state index contributed by atoms with van der Waals surface area (Å²) in [5.74, 6) is -2.37. The molecule has 1 atom stereocenters. The van der Waals surface area contributed by atoms with Gasteiger partial charge in [-0.1, -0.05) is 140 Å². The van der Waals surface area contributed by atoms with Crippen LogP contribution in [0.3, 0.4) is 0 Å². The van der Waals surface area contributed by atoms with E-state index < -0.39 is 23.6 Å². The average Bonchev–Trinajstić information content (AvgIpc) is 1.86. The summed E-state index contributed by atoms with van der Waals surface area (Å²) >= 11 is 0. The Morgan fingerprint density at radius 2 is 0.884 bits per heavy atom. The lowest BCUT2D eigenvalue weighted by molar-refractivity contribution is 0.0907. The molecule has 13 nitrogen and oxygen atoms in total. The van der Waals surface area contributed by atoms with E-state index in [0.717, 1.165) is 126 Å². The van der Waals surface area contributed by atoms with Crippen LogP contribution in [0.4, 0.5) is 11.4 Å². The third kappa shape index (κ3) is 6.64. The van der Waals surface area contributed by atoms with E-state index in [9.17, 15) is 19.2 Å². The summed E-state index contributed by atoms with van der Waals surface area (Å²) in [5.41, 5.74) is 16.7. The molecule has 7 heterocycles. The fraction of sp³-hybridized carbons (Fsp3) is 0.0137. The minimum atomic E-state index is -0.567. The van der Waals surface area contributed by atoms with Crippen molar-refractivity contribution in [2.24, 2.45) is 0 Å². The van der Waals surface area contributed by atoms with Crippen LogP contribution in [-0.4, -0.2) is 48.1 Å². The first-order valence-electron chi connectivity index (χ1n) is 28.1. The molecule has 10 aromatic carbocycles. The van der Waals surface area contributed by atoms with Gasteiger partial charge in [0.1, 0.15) is 22.3 Å². The Bertz CT molecular complexity index is 5490. The lowest BCUT2D eigenvalue weighted by Gasteiger charge is -2.22. The number of para-hydroxylation sites is 3. The van der Waals surface area contributed by atoms with Gasteiger partial charge in [-0.25, -0.2) is 29.7 Å². The van der Waals surface area contributed by atoms with Crippen LogP contribution in [-0.2, 0) is 0 Å². The normalized spacial score (nSPS) is 14.4. The Morgan fingerprint density at radius 1 is 0.360 bits per heavy atom. The number of anilines is 2. The molecule has 402 valence electrons. The molecule has 0 fully saturated rings. The minimum Gasteiger partial charge on any atom is -0.455 e. The van der Waals surface area contributed by atoms with Crippen molar-refractivity contribution in [1.82, 2.24) is 24.5 Å². The Balaban J connectivity index is 0.884. The Labute approximate surface area is 487 Å². The smallest absolute Gasteiger partial charge is 0.286 e. The zero-order valence-electron chi connectivity index (χ0n) is 45.1. The van der Waals surface area contributed by atoms with Crippen molar-refractivity contribution in [3.63, 3.8) is 0 Å². The summed E-state index contributed by atoms with van der Waals surface area (Å²) < 4.78 is 15.7. The summed E-state index contributed by atoms with van der Waals surface area (Å²) in [5, 5.41) is 6.02. The van der Waals surface area contributed by atoms with Gasteiger partial charge < -0.3 is 13.4 Å². The van der Waals surface area contributed by atoms with E-state index in [-0.39, 0.29) is 28.7 Å². The van der Waals surface area contributed by atoms with Gasteiger partial charge in [0, 0.05) is 68.8 Å². The maximum atomic E-state index is 14.1. The third-order valence-corrected chi connectivity index (χ3v) is 17.4. The van der Waals surface area contributed by atoms with E-state index in [0.29, 0.717) is 22.5 Å². The molecule has 1 unspecified atom stereocenters. The van der Waals surface area contributed by atoms with Crippen molar-refractivity contribution in [2.75, 3.05) is 9.80 Å². The molecule has 0 saturated carbocycles. The van der Waals surface area contributed by atoms with Gasteiger partial charge in [0.05, 0.1) is 33.5 Å². The van der Waals surface area contributed by atoms with Crippen molar-refractivity contribution < 1.29 is 28.0 Å². The van der Waals surface area contributed by atoms with Gasteiger partial charge in [0.15, 0.2) is 22.8 Å². The molecule has 86 heavy (non-hydrogen) atoms. The quantitative estimate of drug-likeness (QED) is 0.141. The van der Waals surface area contributed by atoms with Crippen LogP contribution in [0.2, 0.25) is 0 Å². The Morgan fingerprint density at radius 3 is 1.52 bits per heavy atom. The number of benzene rings is 10. The number of nitrogens with zero attached hydrogens (tertiary/aromatic N) is 7. The van der Waals surface area contributed by atoms with E-state index in [1.54, 1.807) is 12.1 Å². The SMILES string of the molecule is O=C1c2nccnc2C(=O)N1c1cccc(-c2cc(-n3c4ccccc4c4c5oc6ccccc6c5ccc43)c(-c3cccc(N4C(=O)c5nccnc5C4=O)c3)cc2-c2ccc(C3c4ccccc4-c4c3ccc3c4oc4ccccc43)cc2)c1. The third-order valence-electron chi connectivity index (χ3n) is 17.4. The summed E-state index contributed by atoms with van der Waals surface area (Å²) in [6.07, 6.45) is 5.63. The number of rotatable bonds is 7. The minimum absolute atomic E-state index is 0.00858. The van der Waals surface area contributed by atoms with Gasteiger partial charge in [-0.3, -0.25) is 19.2 Å². The molecule has 0 bridgehead atoms. The van der Waals surface area contributed by atoms with Gasteiger partial charge in [0.2, 0.25) is 0 Å². The highest BCUT2D eigenvalue weighted by Gasteiger charge is 2.41. The average molecular weight is 1110 g/mol. The van der Waals surface area contributed by atoms with Crippen LogP contribution in [0.25, 0.3) is 116 Å². The molecule has 0 spiro atoms. The van der Waals surface area contributed by atoms with Crippen LogP contribution in [0.5, 0.6) is 0 Å². The second-order valence-corrected chi connectivity index (χ2v) is 21.8. The molecule has 0 radical (unpaired) electrons. The molecular weight excluding hydrogens is 1070 g/mol. The van der Waals surface area contributed by atoms with Gasteiger partial charge in [0.25, 0.3) is 23.6 Å². The highest BCUT2D eigenvalue weighted by molar-refractivity contribution is 6.34. The maximum absolute atomic E-state index is 14.1. The zero-order valence-corrected chi connectivity index (χ0v) is 45.1. The Hall–Kier alpha value is -12.0. The first-order chi connectivity index (χ1) is 42.3. The monoisotopic (exact) mass is 1110 g/mol. The van der Waals surface area contributed by atoms with Gasteiger partial charge >= 0.3 is 0 Å². The number of furan rings is 2. The number of amides is 4. The zero-order chi connectivity index (χ0) is 57.1. The van der Waals surface area contributed by atoms with Crippen molar-refractivity contribution in [1.29, 1.82) is 0 Å². The maximum Gasteiger partial charge on any atom is 0.286 e. The first kappa shape index (κ1) is 47.7. The van der Waals surface area contributed by atoms with Crippen molar-refractivity contribution >= 4 is 101 Å². The van der Waals surface area contributed by atoms with Crippen molar-refractivity contribution in [3.8, 4) is 50.2 Å². The predicted molar refractivity (Wildman–Crippen MR) is 331 cm³/mol. The van der Waals surface area contributed by atoms with E-state index in [2.05, 4.69) is 134 Å². The van der Waals surface area contributed by atoms with Crippen LogP contribution in [0, 0.1) is 0 Å². The molecule has 15 aromatic rings. The molecule has 1 aliphatic carbocycles. The molecule has 3 aliphatic rings. The molecule has 4 amide bonds. The molecule has 0 N–H and O–H groups in total. The topological polar surface area (TPSA) is 158 Å². The number of imide groups is 2. The fourth-order valence-corrected chi connectivity index (χ4v) is 13.7. The molecule has 13 heteroatoms. The highest BCUT2D eigenvalue weighted by Crippen LogP contribution is 2.53. The number of carbonyl (C=O) groups is 4. The predicted octanol–water partition coefficient (Wildman–Crippen LogP) is 15.9. The van der Waals surface area contributed by atoms with E-state index in [4.69, 9.17) is 8.83 Å². The van der Waals surface area contributed by atoms with E-state index >= 15 is 0 Å². The van der Waals surface area contributed by atoms with Crippen molar-refractivity contribution in [2.45, 2.75) is 5.92 Å². The van der Waals surface area contributed by atoms with Gasteiger partial charge in [-0.15, -0.1) is 0 Å². The molecule has 0 saturated heterocycles. The number of aromatic nitrogens is 5. The Kier molecular flexibility index (Phi) is 9.85.